The summed E-state index contributed by atoms with van der Waals surface area (Å²) in [6, 6.07) is 9.59. The zero-order chi connectivity index (χ0) is 13.8. The lowest BCUT2D eigenvalue weighted by molar-refractivity contribution is 0.0525. The van der Waals surface area contributed by atoms with E-state index in [9.17, 15) is 4.79 Å². The van der Waals surface area contributed by atoms with Crippen molar-refractivity contribution in [1.29, 1.82) is 0 Å². The van der Waals surface area contributed by atoms with Crippen molar-refractivity contribution in [2.24, 2.45) is 0 Å². The normalized spacial score (nSPS) is 10.3. The molecule has 0 fully saturated rings. The highest BCUT2D eigenvalue weighted by Gasteiger charge is 2.19. The molecule has 1 aromatic carbocycles. The Labute approximate surface area is 112 Å². The number of hydrogen-bond acceptors (Lipinski definition) is 4. The van der Waals surface area contributed by atoms with Crippen LogP contribution in [0, 0.1) is 13.8 Å². The van der Waals surface area contributed by atoms with Gasteiger partial charge in [0.05, 0.1) is 18.0 Å². The van der Waals surface area contributed by atoms with Gasteiger partial charge in [-0.2, -0.15) is 0 Å². The first kappa shape index (κ1) is 13.2. The van der Waals surface area contributed by atoms with Crippen LogP contribution in [0.5, 0.6) is 0 Å². The van der Waals surface area contributed by atoms with Crippen LogP contribution in [0.15, 0.2) is 30.3 Å². The molecular formula is C15H16N2O2. The number of rotatable bonds is 3. The number of carbonyl (C=O) groups is 1. The molecule has 0 amide bonds. The molecule has 1 heterocycles. The van der Waals surface area contributed by atoms with Gasteiger partial charge in [0.1, 0.15) is 11.4 Å². The minimum atomic E-state index is -0.376. The second kappa shape index (κ2) is 5.61. The average Bonchev–Trinajstić information content (AvgIpc) is 2.39. The fourth-order valence-electron chi connectivity index (χ4n) is 1.97. The molecule has 0 saturated carbocycles. The highest BCUT2D eigenvalue weighted by molar-refractivity contribution is 5.97. The predicted molar refractivity (Wildman–Crippen MR) is 72.9 cm³/mol. The van der Waals surface area contributed by atoms with E-state index in [0.717, 1.165) is 5.56 Å². The molecule has 0 saturated heterocycles. The van der Waals surface area contributed by atoms with E-state index < -0.39 is 0 Å². The number of aryl methyl sites for hydroxylation is 2. The topological polar surface area (TPSA) is 52.1 Å². The van der Waals surface area contributed by atoms with Crippen molar-refractivity contribution in [1.82, 2.24) is 9.97 Å². The van der Waals surface area contributed by atoms with Crippen LogP contribution in [0.25, 0.3) is 11.3 Å². The number of esters is 1. The third kappa shape index (κ3) is 2.78. The number of hydrogen-bond donors (Lipinski definition) is 0. The van der Waals surface area contributed by atoms with E-state index in [4.69, 9.17) is 4.74 Å². The summed E-state index contributed by atoms with van der Waals surface area (Å²) in [6.07, 6.45) is 0. The van der Waals surface area contributed by atoms with E-state index in [2.05, 4.69) is 9.97 Å². The van der Waals surface area contributed by atoms with Crippen LogP contribution >= 0.6 is 0 Å². The predicted octanol–water partition coefficient (Wildman–Crippen LogP) is 2.94. The van der Waals surface area contributed by atoms with Gasteiger partial charge in [-0.25, -0.2) is 14.8 Å². The molecule has 2 rings (SSSR count). The fraction of sp³-hybridized carbons (Fsp3) is 0.267. The second-order valence-electron chi connectivity index (χ2n) is 4.17. The molecular weight excluding hydrogens is 240 g/mol. The lowest BCUT2D eigenvalue weighted by Crippen LogP contribution is -2.12. The van der Waals surface area contributed by atoms with Gasteiger partial charge in [-0.1, -0.05) is 30.3 Å². The first-order chi connectivity index (χ1) is 9.13. The van der Waals surface area contributed by atoms with Crippen molar-refractivity contribution in [3.05, 3.63) is 47.4 Å². The van der Waals surface area contributed by atoms with Crippen LogP contribution in [-0.4, -0.2) is 22.5 Å². The monoisotopic (exact) mass is 256 g/mol. The molecule has 4 heteroatoms. The van der Waals surface area contributed by atoms with Crippen LogP contribution in [0.1, 0.15) is 28.8 Å². The van der Waals surface area contributed by atoms with Gasteiger partial charge < -0.3 is 4.74 Å². The maximum Gasteiger partial charge on any atom is 0.342 e. The van der Waals surface area contributed by atoms with Crippen molar-refractivity contribution in [2.45, 2.75) is 20.8 Å². The molecule has 0 aliphatic carbocycles. The molecule has 1 aromatic heterocycles. The lowest BCUT2D eigenvalue weighted by Gasteiger charge is -2.11. The summed E-state index contributed by atoms with van der Waals surface area (Å²) in [4.78, 5) is 20.7. The smallest absolute Gasteiger partial charge is 0.342 e. The van der Waals surface area contributed by atoms with E-state index in [1.165, 1.54) is 0 Å². The SMILES string of the molecule is CCOC(=O)c1c(C)nc(C)nc1-c1ccccc1. The average molecular weight is 256 g/mol. The molecule has 0 spiro atoms. The van der Waals surface area contributed by atoms with E-state index in [1.54, 1.807) is 13.8 Å². The Hall–Kier alpha value is -2.23. The fourth-order valence-corrected chi connectivity index (χ4v) is 1.97. The van der Waals surface area contributed by atoms with Crippen LogP contribution in [0.3, 0.4) is 0 Å². The molecule has 0 bridgehead atoms. The Morgan fingerprint density at radius 2 is 1.84 bits per heavy atom. The van der Waals surface area contributed by atoms with Gasteiger partial charge >= 0.3 is 5.97 Å². The van der Waals surface area contributed by atoms with Crippen LogP contribution in [-0.2, 0) is 4.74 Å². The number of nitrogens with zero attached hydrogens (tertiary/aromatic N) is 2. The van der Waals surface area contributed by atoms with E-state index in [0.29, 0.717) is 29.4 Å². The van der Waals surface area contributed by atoms with Crippen molar-refractivity contribution < 1.29 is 9.53 Å². The lowest BCUT2D eigenvalue weighted by atomic mass is 10.0. The third-order valence-electron chi connectivity index (χ3n) is 2.73. The molecule has 0 N–H and O–H groups in total. The number of benzene rings is 1. The molecule has 98 valence electrons. The summed E-state index contributed by atoms with van der Waals surface area (Å²) in [5.74, 6) is 0.267. The van der Waals surface area contributed by atoms with Crippen LogP contribution < -0.4 is 0 Å². The Bertz CT molecular complexity index is 595. The maximum absolute atomic E-state index is 12.1. The number of ether oxygens (including phenoxy) is 1. The largest absolute Gasteiger partial charge is 0.462 e. The zero-order valence-electron chi connectivity index (χ0n) is 11.3. The zero-order valence-corrected chi connectivity index (χ0v) is 11.3. The Morgan fingerprint density at radius 1 is 1.16 bits per heavy atom. The van der Waals surface area contributed by atoms with Gasteiger partial charge in [0.15, 0.2) is 0 Å². The minimum absolute atomic E-state index is 0.334. The first-order valence-electron chi connectivity index (χ1n) is 6.21. The molecule has 2 aromatic rings. The Morgan fingerprint density at radius 3 is 2.47 bits per heavy atom. The quantitative estimate of drug-likeness (QED) is 0.792. The maximum atomic E-state index is 12.1. The Balaban J connectivity index is 2.62. The van der Waals surface area contributed by atoms with E-state index >= 15 is 0 Å². The van der Waals surface area contributed by atoms with Crippen LogP contribution in [0.4, 0.5) is 0 Å². The molecule has 19 heavy (non-hydrogen) atoms. The standard InChI is InChI=1S/C15H16N2O2/c1-4-19-15(18)13-10(2)16-11(3)17-14(13)12-8-6-5-7-9-12/h5-9H,4H2,1-3H3. The van der Waals surface area contributed by atoms with E-state index in [1.807, 2.05) is 37.3 Å². The second-order valence-corrected chi connectivity index (χ2v) is 4.17. The van der Waals surface area contributed by atoms with Gasteiger partial charge in [0.25, 0.3) is 0 Å². The summed E-state index contributed by atoms with van der Waals surface area (Å²) in [6.45, 7) is 5.73. The first-order valence-corrected chi connectivity index (χ1v) is 6.21. The summed E-state index contributed by atoms with van der Waals surface area (Å²) in [5.41, 5.74) is 2.60. The van der Waals surface area contributed by atoms with Crippen LogP contribution in [0.2, 0.25) is 0 Å². The third-order valence-corrected chi connectivity index (χ3v) is 2.73. The number of carbonyl (C=O) groups excluding carboxylic acids is 1. The molecule has 0 unspecified atom stereocenters. The van der Waals surface area contributed by atoms with Crippen molar-refractivity contribution in [2.75, 3.05) is 6.61 Å². The van der Waals surface area contributed by atoms with Crippen molar-refractivity contribution in [3.63, 3.8) is 0 Å². The summed E-state index contributed by atoms with van der Waals surface area (Å²) in [5, 5.41) is 0. The number of aromatic nitrogens is 2. The van der Waals surface area contributed by atoms with Crippen molar-refractivity contribution in [3.8, 4) is 11.3 Å². The van der Waals surface area contributed by atoms with Gasteiger partial charge in [0, 0.05) is 5.56 Å². The van der Waals surface area contributed by atoms with Gasteiger partial charge in [-0.15, -0.1) is 0 Å². The van der Waals surface area contributed by atoms with E-state index in [-0.39, 0.29) is 5.97 Å². The molecule has 0 aliphatic rings. The highest BCUT2D eigenvalue weighted by atomic mass is 16.5. The van der Waals surface area contributed by atoms with Crippen molar-refractivity contribution >= 4 is 5.97 Å². The Kier molecular flexibility index (Phi) is 3.90. The summed E-state index contributed by atoms with van der Waals surface area (Å²) >= 11 is 0. The highest BCUT2D eigenvalue weighted by Crippen LogP contribution is 2.24. The summed E-state index contributed by atoms with van der Waals surface area (Å²) < 4.78 is 5.09. The van der Waals surface area contributed by atoms with Gasteiger partial charge in [0.2, 0.25) is 0 Å². The molecule has 4 nitrogen and oxygen atoms in total. The van der Waals surface area contributed by atoms with Gasteiger partial charge in [-0.05, 0) is 20.8 Å². The summed E-state index contributed by atoms with van der Waals surface area (Å²) in [7, 11) is 0. The minimum Gasteiger partial charge on any atom is -0.462 e. The van der Waals surface area contributed by atoms with Gasteiger partial charge in [-0.3, -0.25) is 0 Å². The molecule has 0 aliphatic heterocycles. The molecule has 0 radical (unpaired) electrons. The molecule has 0 atom stereocenters.